The van der Waals surface area contributed by atoms with Gasteiger partial charge in [-0.2, -0.15) is 0 Å². The topological polar surface area (TPSA) is 81.1 Å². The van der Waals surface area contributed by atoms with Crippen LogP contribution in [-0.4, -0.2) is 57.9 Å². The van der Waals surface area contributed by atoms with Crippen LogP contribution >= 0.6 is 0 Å². The lowest BCUT2D eigenvalue weighted by Gasteiger charge is -2.28. The molecule has 0 saturated carbocycles. The SMILES string of the molecule is CCCCN(CCCC)CCCN1C(=O)C(O)=C(C(C)=O)C1c1cccc(O)c1. The second-order valence-corrected chi connectivity index (χ2v) is 7.72. The summed E-state index contributed by atoms with van der Waals surface area (Å²) in [7, 11) is 0. The van der Waals surface area contributed by atoms with Crippen molar-refractivity contribution < 1.29 is 19.8 Å². The first-order valence-electron chi connectivity index (χ1n) is 10.7. The van der Waals surface area contributed by atoms with Crippen molar-refractivity contribution in [2.45, 2.75) is 58.9 Å². The van der Waals surface area contributed by atoms with E-state index < -0.39 is 17.7 Å². The summed E-state index contributed by atoms with van der Waals surface area (Å²) in [5.74, 6) is -1.26. The normalized spacial score (nSPS) is 16.9. The maximum absolute atomic E-state index is 12.7. The molecule has 0 saturated heterocycles. The summed E-state index contributed by atoms with van der Waals surface area (Å²) in [6, 6.07) is 5.87. The van der Waals surface area contributed by atoms with Gasteiger partial charge in [-0.3, -0.25) is 9.59 Å². The third-order valence-electron chi connectivity index (χ3n) is 5.40. The van der Waals surface area contributed by atoms with Gasteiger partial charge in [0.25, 0.3) is 5.91 Å². The number of aromatic hydroxyl groups is 1. The lowest BCUT2D eigenvalue weighted by Crippen LogP contribution is -2.35. The highest BCUT2D eigenvalue weighted by atomic mass is 16.3. The summed E-state index contributed by atoms with van der Waals surface area (Å²) in [4.78, 5) is 28.8. The van der Waals surface area contributed by atoms with Crippen LogP contribution in [0.1, 0.15) is 64.5 Å². The van der Waals surface area contributed by atoms with E-state index in [0.717, 1.165) is 51.7 Å². The number of amides is 1. The van der Waals surface area contributed by atoms with Gasteiger partial charge in [0, 0.05) is 6.54 Å². The Morgan fingerprint density at radius 1 is 1.07 bits per heavy atom. The van der Waals surface area contributed by atoms with Gasteiger partial charge >= 0.3 is 0 Å². The van der Waals surface area contributed by atoms with Gasteiger partial charge in [-0.05, 0) is 63.5 Å². The summed E-state index contributed by atoms with van der Waals surface area (Å²) in [5.41, 5.74) is 0.732. The van der Waals surface area contributed by atoms with Crippen molar-refractivity contribution in [1.82, 2.24) is 9.80 Å². The Bertz CT molecular complexity index is 736. The number of nitrogens with zero attached hydrogens (tertiary/aromatic N) is 2. The summed E-state index contributed by atoms with van der Waals surface area (Å²) in [5, 5.41) is 20.2. The van der Waals surface area contributed by atoms with Crippen LogP contribution in [0.25, 0.3) is 0 Å². The molecule has 1 atom stereocenters. The zero-order valence-electron chi connectivity index (χ0n) is 17.9. The average Bonchev–Trinajstić information content (AvgIpc) is 2.94. The van der Waals surface area contributed by atoms with Crippen LogP contribution in [-0.2, 0) is 9.59 Å². The van der Waals surface area contributed by atoms with Crippen molar-refractivity contribution in [3.05, 3.63) is 41.2 Å². The van der Waals surface area contributed by atoms with E-state index in [2.05, 4.69) is 18.7 Å². The molecule has 0 fully saturated rings. The average molecular weight is 403 g/mol. The van der Waals surface area contributed by atoms with Gasteiger partial charge in [0.15, 0.2) is 11.5 Å². The predicted molar refractivity (Wildman–Crippen MR) is 114 cm³/mol. The first-order valence-corrected chi connectivity index (χ1v) is 10.7. The lowest BCUT2D eigenvalue weighted by atomic mass is 9.96. The van der Waals surface area contributed by atoms with Crippen molar-refractivity contribution in [3.63, 3.8) is 0 Å². The van der Waals surface area contributed by atoms with Crippen molar-refractivity contribution in [3.8, 4) is 5.75 Å². The fourth-order valence-corrected chi connectivity index (χ4v) is 3.85. The third-order valence-corrected chi connectivity index (χ3v) is 5.40. The number of unbranched alkanes of at least 4 members (excludes halogenated alkanes) is 2. The molecule has 1 heterocycles. The minimum absolute atomic E-state index is 0.0643. The molecule has 2 rings (SSSR count). The molecule has 1 aliphatic rings. The second kappa shape index (κ2) is 11.0. The molecule has 29 heavy (non-hydrogen) atoms. The van der Waals surface area contributed by atoms with Crippen LogP contribution < -0.4 is 0 Å². The van der Waals surface area contributed by atoms with Crippen molar-refractivity contribution in [1.29, 1.82) is 0 Å². The number of rotatable bonds is 12. The predicted octanol–water partition coefficient (Wildman–Crippen LogP) is 3.97. The summed E-state index contributed by atoms with van der Waals surface area (Å²) >= 11 is 0. The number of Topliss-reactive ketones (excluding diaryl/α,β-unsaturated/α-hetero) is 1. The molecule has 1 aromatic carbocycles. The number of ketones is 1. The zero-order valence-corrected chi connectivity index (χ0v) is 17.9. The summed E-state index contributed by atoms with van der Waals surface area (Å²) in [6.07, 6.45) is 5.34. The van der Waals surface area contributed by atoms with Crippen molar-refractivity contribution >= 4 is 11.7 Å². The largest absolute Gasteiger partial charge is 0.508 e. The van der Waals surface area contributed by atoms with E-state index in [0.29, 0.717) is 12.1 Å². The molecule has 0 aromatic heterocycles. The fraction of sp³-hybridized carbons (Fsp3) is 0.565. The standard InChI is InChI=1S/C23H34N2O4/c1-4-6-12-24(13-7-5-2)14-9-15-25-21(18-10-8-11-19(27)16-18)20(17(3)26)22(28)23(25)29/h8,10-11,16,21,27-28H,4-7,9,12-15H2,1-3H3. The highest BCUT2D eigenvalue weighted by Crippen LogP contribution is 2.38. The minimum atomic E-state index is -0.660. The number of aliphatic hydroxyl groups is 1. The number of aliphatic hydroxyl groups excluding tert-OH is 1. The van der Waals surface area contributed by atoms with Gasteiger partial charge in [0.2, 0.25) is 0 Å². The lowest BCUT2D eigenvalue weighted by molar-refractivity contribution is -0.129. The molecule has 0 spiro atoms. The molecule has 160 valence electrons. The maximum atomic E-state index is 12.7. The number of phenols is 1. The van der Waals surface area contributed by atoms with Gasteiger partial charge in [-0.25, -0.2) is 0 Å². The van der Waals surface area contributed by atoms with Crippen LogP contribution in [0.2, 0.25) is 0 Å². The van der Waals surface area contributed by atoms with E-state index in [9.17, 15) is 19.8 Å². The maximum Gasteiger partial charge on any atom is 0.290 e. The fourth-order valence-electron chi connectivity index (χ4n) is 3.85. The Labute approximate surface area is 173 Å². The van der Waals surface area contributed by atoms with Crippen molar-refractivity contribution in [2.75, 3.05) is 26.2 Å². The monoisotopic (exact) mass is 402 g/mol. The van der Waals surface area contributed by atoms with Crippen LogP contribution in [0, 0.1) is 0 Å². The molecule has 1 unspecified atom stereocenters. The first kappa shape index (κ1) is 22.9. The van der Waals surface area contributed by atoms with E-state index in [-0.39, 0.29) is 17.1 Å². The molecule has 0 bridgehead atoms. The number of carbonyl (C=O) groups is 2. The molecule has 1 amide bonds. The van der Waals surface area contributed by atoms with E-state index in [1.165, 1.54) is 6.92 Å². The molecule has 6 heteroatoms. The number of benzene rings is 1. The Balaban J connectivity index is 2.15. The third kappa shape index (κ3) is 5.82. The van der Waals surface area contributed by atoms with Crippen LogP contribution in [0.15, 0.2) is 35.6 Å². The van der Waals surface area contributed by atoms with Gasteiger partial charge in [0.1, 0.15) is 5.75 Å². The molecular weight excluding hydrogens is 368 g/mol. The van der Waals surface area contributed by atoms with Crippen LogP contribution in [0.3, 0.4) is 0 Å². The zero-order chi connectivity index (χ0) is 21.4. The number of hydrogen-bond acceptors (Lipinski definition) is 5. The Morgan fingerprint density at radius 2 is 1.69 bits per heavy atom. The van der Waals surface area contributed by atoms with Crippen LogP contribution in [0.5, 0.6) is 5.75 Å². The smallest absolute Gasteiger partial charge is 0.290 e. The molecule has 1 aliphatic heterocycles. The quantitative estimate of drug-likeness (QED) is 0.553. The van der Waals surface area contributed by atoms with E-state index in [4.69, 9.17) is 0 Å². The highest BCUT2D eigenvalue weighted by Gasteiger charge is 2.42. The molecular formula is C23H34N2O4. The van der Waals surface area contributed by atoms with Gasteiger partial charge in [0.05, 0.1) is 11.6 Å². The molecule has 0 aliphatic carbocycles. The van der Waals surface area contributed by atoms with Gasteiger partial charge < -0.3 is 20.0 Å². The molecule has 2 N–H and O–H groups in total. The Morgan fingerprint density at radius 3 is 2.24 bits per heavy atom. The number of carbonyl (C=O) groups excluding carboxylic acids is 2. The van der Waals surface area contributed by atoms with E-state index >= 15 is 0 Å². The molecule has 6 nitrogen and oxygen atoms in total. The minimum Gasteiger partial charge on any atom is -0.508 e. The van der Waals surface area contributed by atoms with Crippen molar-refractivity contribution in [2.24, 2.45) is 0 Å². The Hall–Kier alpha value is -2.34. The van der Waals surface area contributed by atoms with Crippen LogP contribution in [0.4, 0.5) is 0 Å². The first-order chi connectivity index (χ1) is 13.9. The number of phenolic OH excluding ortho intramolecular Hbond substituents is 1. The summed E-state index contributed by atoms with van der Waals surface area (Å²) in [6.45, 7) is 9.11. The molecule has 0 radical (unpaired) electrons. The van der Waals surface area contributed by atoms with Gasteiger partial charge in [-0.15, -0.1) is 0 Å². The van der Waals surface area contributed by atoms with Gasteiger partial charge in [-0.1, -0.05) is 38.8 Å². The Kier molecular flexibility index (Phi) is 8.70. The highest BCUT2D eigenvalue weighted by molar-refractivity contribution is 6.08. The van der Waals surface area contributed by atoms with E-state index in [1.807, 2.05) is 0 Å². The number of hydrogen-bond donors (Lipinski definition) is 2. The van der Waals surface area contributed by atoms with E-state index in [1.54, 1.807) is 29.2 Å². The molecule has 1 aromatic rings. The second-order valence-electron chi connectivity index (χ2n) is 7.72. The summed E-state index contributed by atoms with van der Waals surface area (Å²) < 4.78 is 0.